The molecule has 158 valence electrons. The monoisotopic (exact) mass is 430 g/mol. The summed E-state index contributed by atoms with van der Waals surface area (Å²) in [5.74, 6) is -0.695. The topological polar surface area (TPSA) is 103 Å². The largest absolute Gasteiger partial charge is 0.479 e. The van der Waals surface area contributed by atoms with Crippen molar-refractivity contribution in [2.24, 2.45) is 0 Å². The van der Waals surface area contributed by atoms with Crippen LogP contribution in [-0.4, -0.2) is 37.3 Å². The summed E-state index contributed by atoms with van der Waals surface area (Å²) >= 11 is 1.39. The normalized spacial score (nSPS) is 16.9. The number of esters is 2. The lowest BCUT2D eigenvalue weighted by molar-refractivity contribution is -0.150. The molecule has 3 rings (SSSR count). The van der Waals surface area contributed by atoms with E-state index in [9.17, 15) is 14.4 Å². The Labute approximate surface area is 177 Å². The fraction of sp³-hybridized carbons (Fsp3) is 0.286. The van der Waals surface area contributed by atoms with Crippen LogP contribution in [0.25, 0.3) is 0 Å². The first-order chi connectivity index (χ1) is 14.5. The molecule has 0 bridgehead atoms. The summed E-state index contributed by atoms with van der Waals surface area (Å²) in [5.41, 5.74) is 0.374. The molecule has 0 fully saturated rings. The number of carbonyl (C=O) groups excluding carboxylic acids is 3. The molecule has 0 saturated carbocycles. The Morgan fingerprint density at radius 3 is 2.57 bits per heavy atom. The third kappa shape index (κ3) is 5.18. The van der Waals surface area contributed by atoms with Gasteiger partial charge in [-0.3, -0.25) is 0 Å². The Morgan fingerprint density at radius 1 is 1.13 bits per heavy atom. The van der Waals surface area contributed by atoms with Crippen molar-refractivity contribution in [3.05, 3.63) is 64.0 Å². The van der Waals surface area contributed by atoms with E-state index in [1.54, 1.807) is 44.2 Å². The third-order valence-electron chi connectivity index (χ3n) is 4.22. The van der Waals surface area contributed by atoms with Crippen LogP contribution >= 0.6 is 11.3 Å². The summed E-state index contributed by atoms with van der Waals surface area (Å²) in [4.78, 5) is 37.9. The van der Waals surface area contributed by atoms with Crippen LogP contribution in [0.1, 0.15) is 24.8 Å². The molecule has 2 heterocycles. The smallest absolute Gasteiger partial charge is 0.347 e. The van der Waals surface area contributed by atoms with Crippen LogP contribution in [0.2, 0.25) is 0 Å². The van der Waals surface area contributed by atoms with E-state index in [2.05, 4.69) is 10.6 Å². The minimum Gasteiger partial charge on any atom is -0.479 e. The minimum atomic E-state index is -0.871. The fourth-order valence-corrected chi connectivity index (χ4v) is 3.65. The molecule has 1 aliphatic rings. The van der Waals surface area contributed by atoms with E-state index in [0.717, 1.165) is 4.88 Å². The number of ether oxygens (including phenoxy) is 3. The molecule has 0 spiro atoms. The second kappa shape index (κ2) is 9.93. The van der Waals surface area contributed by atoms with Crippen LogP contribution in [0.15, 0.2) is 59.1 Å². The number of carbonyl (C=O) groups is 3. The number of thiophene rings is 1. The standard InChI is InChI=1S/C21H22N2O6S/c1-3-27-20(25)17-15(22-21(26)23-18(17)16-10-7-11-30-16)12-28-19(24)13(2)29-14-8-5-4-6-9-14/h4-11,13,18H,3,12H2,1-2H3,(H2,22,23,26). The van der Waals surface area contributed by atoms with Crippen LogP contribution in [0.3, 0.4) is 0 Å². The predicted molar refractivity (Wildman–Crippen MR) is 110 cm³/mol. The van der Waals surface area contributed by atoms with Gasteiger partial charge >= 0.3 is 18.0 Å². The first kappa shape index (κ1) is 21.4. The average Bonchev–Trinajstić information content (AvgIpc) is 3.27. The Morgan fingerprint density at radius 2 is 1.90 bits per heavy atom. The lowest BCUT2D eigenvalue weighted by Gasteiger charge is -2.28. The zero-order valence-electron chi connectivity index (χ0n) is 16.5. The molecule has 1 aromatic heterocycles. The van der Waals surface area contributed by atoms with Crippen LogP contribution < -0.4 is 15.4 Å². The van der Waals surface area contributed by atoms with Gasteiger partial charge in [-0.1, -0.05) is 24.3 Å². The van der Waals surface area contributed by atoms with Crippen molar-refractivity contribution in [3.63, 3.8) is 0 Å². The maximum atomic E-state index is 12.6. The summed E-state index contributed by atoms with van der Waals surface area (Å²) < 4.78 is 16.0. The molecule has 30 heavy (non-hydrogen) atoms. The van der Waals surface area contributed by atoms with Crippen molar-refractivity contribution in [3.8, 4) is 5.75 Å². The molecule has 9 heteroatoms. The highest BCUT2D eigenvalue weighted by atomic mass is 32.1. The van der Waals surface area contributed by atoms with Gasteiger partial charge in [0.15, 0.2) is 6.10 Å². The summed E-state index contributed by atoms with van der Waals surface area (Å²) in [5, 5.41) is 7.12. The number of amides is 2. The molecule has 0 aliphatic carbocycles. The number of para-hydroxylation sites is 1. The van der Waals surface area contributed by atoms with Gasteiger partial charge in [0.2, 0.25) is 0 Å². The molecule has 2 amide bonds. The van der Waals surface area contributed by atoms with Gasteiger partial charge in [0.25, 0.3) is 0 Å². The fourth-order valence-electron chi connectivity index (χ4n) is 2.86. The summed E-state index contributed by atoms with van der Waals surface area (Å²) in [6.07, 6.45) is -0.871. The average molecular weight is 430 g/mol. The van der Waals surface area contributed by atoms with E-state index in [-0.39, 0.29) is 24.5 Å². The zero-order chi connectivity index (χ0) is 21.5. The van der Waals surface area contributed by atoms with Crippen molar-refractivity contribution >= 4 is 29.3 Å². The highest BCUT2D eigenvalue weighted by Crippen LogP contribution is 2.30. The Balaban J connectivity index is 1.77. The molecular weight excluding hydrogens is 408 g/mol. The molecule has 2 N–H and O–H groups in total. The van der Waals surface area contributed by atoms with E-state index < -0.39 is 30.1 Å². The first-order valence-electron chi connectivity index (χ1n) is 9.39. The van der Waals surface area contributed by atoms with E-state index in [1.165, 1.54) is 11.3 Å². The van der Waals surface area contributed by atoms with Gasteiger partial charge in [-0.05, 0) is 37.4 Å². The Hall–Kier alpha value is -3.33. The van der Waals surface area contributed by atoms with Gasteiger partial charge in [-0.2, -0.15) is 0 Å². The number of rotatable bonds is 8. The molecule has 1 aliphatic heterocycles. The molecule has 2 unspecified atom stereocenters. The highest BCUT2D eigenvalue weighted by molar-refractivity contribution is 7.10. The van der Waals surface area contributed by atoms with Crippen molar-refractivity contribution in [2.45, 2.75) is 26.0 Å². The third-order valence-corrected chi connectivity index (χ3v) is 5.16. The molecule has 0 radical (unpaired) electrons. The maximum absolute atomic E-state index is 12.6. The van der Waals surface area contributed by atoms with Gasteiger partial charge < -0.3 is 24.8 Å². The first-order valence-corrected chi connectivity index (χ1v) is 10.3. The van der Waals surface area contributed by atoms with Gasteiger partial charge in [-0.25, -0.2) is 14.4 Å². The molecular formula is C21H22N2O6S. The van der Waals surface area contributed by atoms with E-state index in [0.29, 0.717) is 5.75 Å². The van der Waals surface area contributed by atoms with Gasteiger partial charge in [-0.15, -0.1) is 11.3 Å². The molecule has 2 atom stereocenters. The molecule has 2 aromatic rings. The molecule has 0 saturated heterocycles. The molecule has 8 nitrogen and oxygen atoms in total. The van der Waals surface area contributed by atoms with Crippen LogP contribution in [-0.2, 0) is 19.1 Å². The number of urea groups is 1. The SMILES string of the molecule is CCOC(=O)C1=C(COC(=O)C(C)Oc2ccccc2)NC(=O)NC1c1cccs1. The lowest BCUT2D eigenvalue weighted by atomic mass is 10.0. The van der Waals surface area contributed by atoms with E-state index in [4.69, 9.17) is 14.2 Å². The number of hydrogen-bond donors (Lipinski definition) is 2. The number of benzene rings is 1. The number of nitrogens with one attached hydrogen (secondary N) is 2. The summed E-state index contributed by atoms with van der Waals surface area (Å²) in [6.45, 7) is 3.12. The summed E-state index contributed by atoms with van der Waals surface area (Å²) in [6, 6.07) is 11.3. The van der Waals surface area contributed by atoms with Crippen LogP contribution in [0.5, 0.6) is 5.75 Å². The van der Waals surface area contributed by atoms with Crippen molar-refractivity contribution in [1.82, 2.24) is 10.6 Å². The Kier molecular flexibility index (Phi) is 7.08. The quantitative estimate of drug-likeness (QED) is 0.624. The van der Waals surface area contributed by atoms with Gasteiger partial charge in [0, 0.05) is 4.88 Å². The second-order valence-electron chi connectivity index (χ2n) is 6.34. The van der Waals surface area contributed by atoms with Gasteiger partial charge in [0.1, 0.15) is 12.4 Å². The Bertz CT molecular complexity index is 926. The number of hydrogen-bond acceptors (Lipinski definition) is 7. The molecule has 1 aromatic carbocycles. The minimum absolute atomic E-state index is 0.169. The van der Waals surface area contributed by atoms with Crippen molar-refractivity contribution in [1.29, 1.82) is 0 Å². The van der Waals surface area contributed by atoms with Gasteiger partial charge in [0.05, 0.1) is 23.9 Å². The van der Waals surface area contributed by atoms with Crippen molar-refractivity contribution in [2.75, 3.05) is 13.2 Å². The van der Waals surface area contributed by atoms with Crippen LogP contribution in [0, 0.1) is 0 Å². The lowest BCUT2D eigenvalue weighted by Crippen LogP contribution is -2.47. The second-order valence-corrected chi connectivity index (χ2v) is 7.32. The van der Waals surface area contributed by atoms with Crippen molar-refractivity contribution < 1.29 is 28.6 Å². The highest BCUT2D eigenvalue weighted by Gasteiger charge is 2.35. The van der Waals surface area contributed by atoms with E-state index in [1.807, 2.05) is 17.5 Å². The predicted octanol–water partition coefficient (Wildman–Crippen LogP) is 2.93. The van der Waals surface area contributed by atoms with Crippen LogP contribution in [0.4, 0.5) is 4.79 Å². The summed E-state index contributed by atoms with van der Waals surface area (Å²) in [7, 11) is 0. The zero-order valence-corrected chi connectivity index (χ0v) is 17.4. The maximum Gasteiger partial charge on any atom is 0.347 e. The van der Waals surface area contributed by atoms with E-state index >= 15 is 0 Å².